The fourth-order valence-corrected chi connectivity index (χ4v) is 7.57. The Bertz CT molecular complexity index is 1970. The van der Waals surface area contributed by atoms with E-state index in [1.165, 1.54) is 5.51 Å². The molecule has 1 aliphatic rings. The number of benzene rings is 2. The van der Waals surface area contributed by atoms with Crippen molar-refractivity contribution in [1.82, 2.24) is 19.3 Å². The molecule has 0 unspecified atom stereocenters. The lowest BCUT2D eigenvalue weighted by atomic mass is 9.98. The molecule has 0 aliphatic carbocycles. The number of nitrogens with zero attached hydrogens (tertiary/aromatic N) is 5. The first-order chi connectivity index (χ1) is 21.5. The Morgan fingerprint density at radius 3 is 2.49 bits per heavy atom. The third-order valence-electron chi connectivity index (χ3n) is 8.49. The molecule has 1 N–H and O–H groups in total. The number of anilines is 1. The van der Waals surface area contributed by atoms with E-state index in [4.69, 9.17) is 27.9 Å². The number of fused-ring (bicyclic) bond motifs is 3. The topological polar surface area (TPSA) is 102 Å². The molecule has 5 aromatic rings. The molecule has 9 nitrogen and oxygen atoms in total. The molecule has 0 spiro atoms. The van der Waals surface area contributed by atoms with Gasteiger partial charge in [0.15, 0.2) is 5.69 Å². The summed E-state index contributed by atoms with van der Waals surface area (Å²) in [5.41, 5.74) is 9.17. The molecule has 1 amide bonds. The lowest BCUT2D eigenvalue weighted by Crippen LogP contribution is -2.32. The van der Waals surface area contributed by atoms with Crippen LogP contribution in [-0.4, -0.2) is 49.5 Å². The van der Waals surface area contributed by atoms with Gasteiger partial charge >= 0.3 is 5.97 Å². The lowest BCUT2D eigenvalue weighted by molar-refractivity contribution is 0.0692. The van der Waals surface area contributed by atoms with Gasteiger partial charge in [-0.25, -0.2) is 9.78 Å². The third kappa shape index (κ3) is 5.38. The zero-order valence-electron chi connectivity index (χ0n) is 25.7. The van der Waals surface area contributed by atoms with Gasteiger partial charge in [0.25, 0.3) is 5.91 Å². The zero-order chi connectivity index (χ0) is 32.2. The molecule has 0 saturated carbocycles. The maximum atomic E-state index is 14.5. The minimum absolute atomic E-state index is 0.119. The van der Waals surface area contributed by atoms with Gasteiger partial charge < -0.3 is 14.4 Å². The van der Waals surface area contributed by atoms with Crippen molar-refractivity contribution in [1.29, 1.82) is 0 Å². The van der Waals surface area contributed by atoms with E-state index in [0.29, 0.717) is 54.7 Å². The summed E-state index contributed by atoms with van der Waals surface area (Å²) in [6.07, 6.45) is 1.82. The molecule has 0 saturated heterocycles. The van der Waals surface area contributed by atoms with E-state index < -0.39 is 5.97 Å². The Hall–Kier alpha value is -3.86. The summed E-state index contributed by atoms with van der Waals surface area (Å²) in [6.45, 7) is 9.24. The van der Waals surface area contributed by atoms with Crippen LogP contribution in [-0.2, 0) is 20.0 Å². The molecule has 0 radical (unpaired) electrons. The Kier molecular flexibility index (Phi) is 8.41. The maximum Gasteiger partial charge on any atom is 0.357 e. The number of thiazole rings is 1. The highest BCUT2D eigenvalue weighted by Crippen LogP contribution is 2.43. The van der Waals surface area contributed by atoms with Crippen LogP contribution >= 0.6 is 34.5 Å². The maximum absolute atomic E-state index is 14.5. The van der Waals surface area contributed by atoms with E-state index in [1.807, 2.05) is 63.7 Å². The number of aromatic nitrogens is 4. The summed E-state index contributed by atoms with van der Waals surface area (Å²) in [7, 11) is 1.91. The minimum Gasteiger partial charge on any atom is -0.494 e. The lowest BCUT2D eigenvalue weighted by Gasteiger charge is -2.19. The van der Waals surface area contributed by atoms with Crippen molar-refractivity contribution in [3.8, 4) is 16.9 Å². The number of hydrogen-bond donors (Lipinski definition) is 1. The molecule has 0 bridgehead atoms. The third-order valence-corrected chi connectivity index (χ3v) is 10.3. The number of carbonyl (C=O) groups excluding carboxylic acids is 1. The van der Waals surface area contributed by atoms with Crippen LogP contribution in [0.4, 0.5) is 5.00 Å². The molecule has 6 rings (SSSR count). The first-order valence-electron chi connectivity index (χ1n) is 14.7. The van der Waals surface area contributed by atoms with Gasteiger partial charge in [0.05, 0.1) is 28.4 Å². The number of amides is 1. The predicted octanol–water partition coefficient (Wildman–Crippen LogP) is 7.80. The number of hydrogen-bond acceptors (Lipinski definition) is 6. The van der Waals surface area contributed by atoms with Crippen molar-refractivity contribution >= 4 is 62.3 Å². The number of ether oxygens (including phenoxy) is 1. The molecule has 4 heterocycles. The Balaban J connectivity index is 1.48. The van der Waals surface area contributed by atoms with Crippen LogP contribution in [0, 0.1) is 27.7 Å². The number of halogens is 2. The molecule has 234 valence electrons. The highest BCUT2D eigenvalue weighted by atomic mass is 35.5. The zero-order valence-corrected chi connectivity index (χ0v) is 28.0. The number of aromatic carboxylic acids is 1. The van der Waals surface area contributed by atoms with Gasteiger partial charge in [0.2, 0.25) is 0 Å². The molecule has 0 atom stereocenters. The summed E-state index contributed by atoms with van der Waals surface area (Å²) in [4.78, 5) is 32.1. The normalized spacial score (nSPS) is 13.4. The second-order valence-corrected chi connectivity index (χ2v) is 13.0. The van der Waals surface area contributed by atoms with Gasteiger partial charge in [0, 0.05) is 47.4 Å². The van der Waals surface area contributed by atoms with E-state index in [1.54, 1.807) is 4.90 Å². The highest BCUT2D eigenvalue weighted by Gasteiger charge is 2.34. The summed E-state index contributed by atoms with van der Waals surface area (Å²) >= 11 is 14.5. The van der Waals surface area contributed by atoms with Gasteiger partial charge in [-0.05, 0) is 81.8 Å². The van der Waals surface area contributed by atoms with Crippen molar-refractivity contribution in [2.45, 2.75) is 53.5 Å². The van der Waals surface area contributed by atoms with Crippen LogP contribution in [0.1, 0.15) is 61.9 Å². The quantitative estimate of drug-likeness (QED) is 0.170. The van der Waals surface area contributed by atoms with E-state index in [2.05, 4.69) is 14.6 Å². The fraction of sp³-hybridized carbons (Fsp3) is 0.333. The Labute approximate surface area is 275 Å². The summed E-state index contributed by atoms with van der Waals surface area (Å²) in [5.74, 6) is -0.664. The number of aryl methyl sites for hydroxylation is 6. The van der Waals surface area contributed by atoms with Crippen LogP contribution in [0.15, 0.2) is 29.8 Å². The average Bonchev–Trinajstić information content (AvgIpc) is 3.63. The SMILES string of the molecule is Cc1cc(OCCCc2c3n(c4c(-c5c(C)nn(C)c5C)c(Cl)ccc24)CCCN(c2scnc2C(=O)O)C3=O)cc(C)c1Cl. The second-order valence-electron chi connectivity index (χ2n) is 11.4. The van der Waals surface area contributed by atoms with Gasteiger partial charge in [-0.1, -0.05) is 29.3 Å². The first kappa shape index (κ1) is 31.1. The monoisotopic (exact) mass is 665 g/mol. The van der Waals surface area contributed by atoms with Crippen LogP contribution in [0.2, 0.25) is 10.0 Å². The predicted molar refractivity (Wildman–Crippen MR) is 179 cm³/mol. The van der Waals surface area contributed by atoms with Gasteiger partial charge in [-0.2, -0.15) is 5.10 Å². The van der Waals surface area contributed by atoms with Crippen LogP contribution in [0.5, 0.6) is 5.75 Å². The van der Waals surface area contributed by atoms with E-state index in [0.717, 1.165) is 72.2 Å². The highest BCUT2D eigenvalue weighted by molar-refractivity contribution is 7.14. The molecule has 12 heteroatoms. The molecule has 3 aromatic heterocycles. The number of carbonyl (C=O) groups is 2. The summed E-state index contributed by atoms with van der Waals surface area (Å²) in [6, 6.07) is 7.73. The first-order valence-corrected chi connectivity index (χ1v) is 16.4. The standard InChI is InChI=1S/C33H33Cl2N5O4S/c1-17-14-21(15-18(2)27(17)35)44-13-6-8-22-23-9-10-24(34)26(25-19(3)37-38(5)20(25)4)29(23)39-11-7-12-40(31(41)30(22)39)32-28(33(42)43)36-16-45-32/h9-10,14-16H,6-8,11-13H2,1-5H3,(H,42,43). The van der Waals surface area contributed by atoms with Crippen LogP contribution in [0.3, 0.4) is 0 Å². The second kappa shape index (κ2) is 12.2. The molecule has 2 aromatic carbocycles. The number of rotatable bonds is 8. The molecule has 1 aliphatic heterocycles. The molecule has 45 heavy (non-hydrogen) atoms. The van der Waals surface area contributed by atoms with E-state index in [9.17, 15) is 14.7 Å². The molecule has 0 fully saturated rings. The fourth-order valence-electron chi connectivity index (χ4n) is 6.40. The number of carboxylic acid groups (broad SMARTS) is 1. The average molecular weight is 667 g/mol. The summed E-state index contributed by atoms with van der Waals surface area (Å²) in [5, 5.41) is 17.0. The molecular formula is C33H33Cl2N5O4S. The van der Waals surface area contributed by atoms with Gasteiger partial charge in [-0.3, -0.25) is 14.4 Å². The van der Waals surface area contributed by atoms with Gasteiger partial charge in [0.1, 0.15) is 16.4 Å². The van der Waals surface area contributed by atoms with Crippen molar-refractivity contribution < 1.29 is 19.4 Å². The summed E-state index contributed by atoms with van der Waals surface area (Å²) < 4.78 is 10.1. The van der Waals surface area contributed by atoms with Crippen molar-refractivity contribution in [2.24, 2.45) is 7.05 Å². The minimum atomic E-state index is -1.16. The largest absolute Gasteiger partial charge is 0.494 e. The smallest absolute Gasteiger partial charge is 0.357 e. The van der Waals surface area contributed by atoms with Crippen LogP contribution in [0.25, 0.3) is 22.0 Å². The molecular weight excluding hydrogens is 633 g/mol. The Morgan fingerprint density at radius 1 is 1.09 bits per heavy atom. The van der Waals surface area contributed by atoms with Crippen molar-refractivity contribution in [3.63, 3.8) is 0 Å². The van der Waals surface area contributed by atoms with E-state index in [-0.39, 0.29) is 11.6 Å². The Morgan fingerprint density at radius 2 is 1.82 bits per heavy atom. The van der Waals surface area contributed by atoms with Crippen molar-refractivity contribution in [3.05, 3.63) is 79.3 Å². The van der Waals surface area contributed by atoms with Crippen LogP contribution < -0.4 is 9.64 Å². The van der Waals surface area contributed by atoms with Gasteiger partial charge in [-0.15, -0.1) is 11.3 Å². The number of carboxylic acids is 1. The van der Waals surface area contributed by atoms with E-state index >= 15 is 0 Å². The van der Waals surface area contributed by atoms with Crippen molar-refractivity contribution in [2.75, 3.05) is 18.1 Å².